The number of sulfone groups is 1. The van der Waals surface area contributed by atoms with Crippen LogP contribution in [0.15, 0.2) is 30.3 Å². The normalized spacial score (nSPS) is 18.2. The quantitative estimate of drug-likeness (QED) is 0.707. The monoisotopic (exact) mass is 352 g/mol. The lowest BCUT2D eigenvalue weighted by atomic mass is 9.96. The Balaban J connectivity index is 1.62. The molecule has 0 aliphatic carbocycles. The van der Waals surface area contributed by atoms with E-state index in [9.17, 15) is 13.2 Å². The third-order valence-corrected chi connectivity index (χ3v) is 6.00. The van der Waals surface area contributed by atoms with Gasteiger partial charge in [0.25, 0.3) is 0 Å². The number of benzene rings is 1. The lowest BCUT2D eigenvalue weighted by molar-refractivity contribution is -0.118. The lowest BCUT2D eigenvalue weighted by Crippen LogP contribution is -2.35. The molecule has 1 aliphatic rings. The van der Waals surface area contributed by atoms with E-state index in [1.54, 1.807) is 0 Å². The molecule has 6 heteroatoms. The number of rotatable bonds is 9. The van der Waals surface area contributed by atoms with Crippen molar-refractivity contribution >= 4 is 15.7 Å². The van der Waals surface area contributed by atoms with Gasteiger partial charge in [-0.3, -0.25) is 4.79 Å². The molecule has 1 aliphatic heterocycles. The Morgan fingerprint density at radius 1 is 1.25 bits per heavy atom. The summed E-state index contributed by atoms with van der Waals surface area (Å²) in [6.07, 6.45) is 4.53. The summed E-state index contributed by atoms with van der Waals surface area (Å²) in [5, 5.41) is 6.09. The number of piperidine rings is 1. The first kappa shape index (κ1) is 18.9. The molecule has 0 bridgehead atoms. The highest BCUT2D eigenvalue weighted by molar-refractivity contribution is 7.92. The van der Waals surface area contributed by atoms with E-state index in [2.05, 4.69) is 10.6 Å². The molecule has 0 radical (unpaired) electrons. The molecule has 1 atom stereocenters. The maximum absolute atomic E-state index is 12.0. The van der Waals surface area contributed by atoms with E-state index in [0.717, 1.165) is 31.5 Å². The molecule has 1 aromatic rings. The molecule has 5 nitrogen and oxygen atoms in total. The number of carbonyl (C=O) groups excluding carboxylic acids is 1. The van der Waals surface area contributed by atoms with Crippen molar-refractivity contribution in [2.75, 3.05) is 31.1 Å². The van der Waals surface area contributed by atoms with Gasteiger partial charge >= 0.3 is 0 Å². The first-order chi connectivity index (χ1) is 11.6. The zero-order chi connectivity index (χ0) is 17.3. The molecular formula is C18H28N2O3S. The summed E-state index contributed by atoms with van der Waals surface area (Å²) in [4.78, 5) is 11.8. The van der Waals surface area contributed by atoms with Gasteiger partial charge in [-0.05, 0) is 56.7 Å². The first-order valence-electron chi connectivity index (χ1n) is 8.77. The fraction of sp³-hybridized carbons (Fsp3) is 0.611. The Kier molecular flexibility index (Phi) is 7.72. The van der Waals surface area contributed by atoms with Crippen LogP contribution in [0.25, 0.3) is 0 Å². The number of nitrogens with one attached hydrogen (secondary N) is 2. The van der Waals surface area contributed by atoms with Gasteiger partial charge in [0.1, 0.15) is 5.75 Å². The van der Waals surface area contributed by atoms with E-state index in [4.69, 9.17) is 0 Å². The van der Waals surface area contributed by atoms with Crippen molar-refractivity contribution in [3.05, 3.63) is 35.9 Å². The standard InChI is InChI=1S/C18H28N2O3S/c21-18(20-12-10-17-8-4-11-19-14-17)15-24(22,23)13-5-9-16-6-2-1-3-7-16/h1-3,6-7,17,19H,4-5,8-15H2,(H,20,21). The molecular weight excluding hydrogens is 324 g/mol. The van der Waals surface area contributed by atoms with Crippen molar-refractivity contribution < 1.29 is 13.2 Å². The Bertz CT molecular complexity index is 596. The van der Waals surface area contributed by atoms with E-state index >= 15 is 0 Å². The third-order valence-electron chi connectivity index (χ3n) is 4.39. The van der Waals surface area contributed by atoms with Gasteiger partial charge in [-0.25, -0.2) is 8.42 Å². The summed E-state index contributed by atoms with van der Waals surface area (Å²) in [5.74, 6) is -0.132. The van der Waals surface area contributed by atoms with Crippen LogP contribution in [0.5, 0.6) is 0 Å². The van der Waals surface area contributed by atoms with Crippen molar-refractivity contribution in [1.82, 2.24) is 10.6 Å². The fourth-order valence-electron chi connectivity index (χ4n) is 3.05. The minimum absolute atomic E-state index is 0.0574. The Morgan fingerprint density at radius 3 is 2.75 bits per heavy atom. The number of hydrogen-bond donors (Lipinski definition) is 2. The predicted molar refractivity (Wildman–Crippen MR) is 96.6 cm³/mol. The minimum atomic E-state index is -3.33. The van der Waals surface area contributed by atoms with Gasteiger partial charge < -0.3 is 10.6 Å². The Labute approximate surface area is 145 Å². The van der Waals surface area contributed by atoms with E-state index in [1.807, 2.05) is 30.3 Å². The second-order valence-corrected chi connectivity index (χ2v) is 8.72. The summed E-state index contributed by atoms with van der Waals surface area (Å²) in [5.41, 5.74) is 1.12. The largest absolute Gasteiger partial charge is 0.355 e. The molecule has 0 spiro atoms. The zero-order valence-electron chi connectivity index (χ0n) is 14.2. The van der Waals surface area contributed by atoms with Crippen molar-refractivity contribution in [3.8, 4) is 0 Å². The maximum atomic E-state index is 12.0. The topological polar surface area (TPSA) is 75.3 Å². The Morgan fingerprint density at radius 2 is 2.04 bits per heavy atom. The number of carbonyl (C=O) groups is 1. The van der Waals surface area contributed by atoms with Crippen LogP contribution in [0.3, 0.4) is 0 Å². The number of aryl methyl sites for hydroxylation is 1. The van der Waals surface area contributed by atoms with Crippen molar-refractivity contribution in [2.45, 2.75) is 32.1 Å². The molecule has 2 N–H and O–H groups in total. The third kappa shape index (κ3) is 7.45. The maximum Gasteiger partial charge on any atom is 0.235 e. The number of hydrogen-bond acceptors (Lipinski definition) is 4. The average Bonchev–Trinajstić information content (AvgIpc) is 2.56. The smallest absolute Gasteiger partial charge is 0.235 e. The van der Waals surface area contributed by atoms with Gasteiger partial charge in [0.2, 0.25) is 5.91 Å². The number of amides is 1. The van der Waals surface area contributed by atoms with Crippen LogP contribution in [0.1, 0.15) is 31.2 Å². The molecule has 1 aromatic carbocycles. The lowest BCUT2D eigenvalue weighted by Gasteiger charge is -2.22. The van der Waals surface area contributed by atoms with E-state index in [0.29, 0.717) is 18.9 Å². The predicted octanol–water partition coefficient (Wildman–Crippen LogP) is 1.54. The van der Waals surface area contributed by atoms with Crippen molar-refractivity contribution in [3.63, 3.8) is 0 Å². The second-order valence-electron chi connectivity index (χ2n) is 6.53. The van der Waals surface area contributed by atoms with Crippen LogP contribution in [0, 0.1) is 5.92 Å². The summed E-state index contributed by atoms with van der Waals surface area (Å²) >= 11 is 0. The van der Waals surface area contributed by atoms with E-state index in [-0.39, 0.29) is 11.7 Å². The summed E-state index contributed by atoms with van der Waals surface area (Å²) in [7, 11) is -3.33. The first-order valence-corrected chi connectivity index (χ1v) is 10.6. The highest BCUT2D eigenvalue weighted by Gasteiger charge is 2.17. The molecule has 24 heavy (non-hydrogen) atoms. The summed E-state index contributed by atoms with van der Waals surface area (Å²) in [6, 6.07) is 9.80. The van der Waals surface area contributed by atoms with Crippen LogP contribution in [-0.4, -0.2) is 45.5 Å². The van der Waals surface area contributed by atoms with Gasteiger partial charge in [0.05, 0.1) is 5.75 Å². The van der Waals surface area contributed by atoms with Crippen molar-refractivity contribution in [1.29, 1.82) is 0 Å². The van der Waals surface area contributed by atoms with Gasteiger partial charge in [0.15, 0.2) is 9.84 Å². The van der Waals surface area contributed by atoms with Crippen LogP contribution in [-0.2, 0) is 21.1 Å². The Hall–Kier alpha value is -1.40. The molecule has 0 saturated carbocycles. The molecule has 2 rings (SSSR count). The SMILES string of the molecule is O=C(CS(=O)(=O)CCCc1ccccc1)NCCC1CCCNC1. The van der Waals surface area contributed by atoms with Gasteiger partial charge in [-0.1, -0.05) is 30.3 Å². The van der Waals surface area contributed by atoms with Crippen LogP contribution >= 0.6 is 0 Å². The fourth-order valence-corrected chi connectivity index (χ4v) is 4.28. The molecule has 0 aromatic heterocycles. The van der Waals surface area contributed by atoms with E-state index in [1.165, 1.54) is 12.8 Å². The summed E-state index contributed by atoms with van der Waals surface area (Å²) in [6.45, 7) is 2.63. The van der Waals surface area contributed by atoms with Crippen molar-refractivity contribution in [2.24, 2.45) is 5.92 Å². The second kappa shape index (κ2) is 9.79. The summed E-state index contributed by atoms with van der Waals surface area (Å²) < 4.78 is 24.1. The van der Waals surface area contributed by atoms with Gasteiger partial charge in [-0.2, -0.15) is 0 Å². The van der Waals surface area contributed by atoms with Crippen LogP contribution in [0.4, 0.5) is 0 Å². The molecule has 1 fully saturated rings. The van der Waals surface area contributed by atoms with Gasteiger partial charge in [-0.15, -0.1) is 0 Å². The van der Waals surface area contributed by atoms with Gasteiger partial charge in [0, 0.05) is 6.54 Å². The van der Waals surface area contributed by atoms with Crippen LogP contribution < -0.4 is 10.6 Å². The van der Waals surface area contributed by atoms with E-state index < -0.39 is 15.6 Å². The minimum Gasteiger partial charge on any atom is -0.355 e. The van der Waals surface area contributed by atoms with Crippen LogP contribution in [0.2, 0.25) is 0 Å². The average molecular weight is 353 g/mol. The molecule has 1 amide bonds. The molecule has 1 saturated heterocycles. The molecule has 134 valence electrons. The molecule has 1 unspecified atom stereocenters. The highest BCUT2D eigenvalue weighted by atomic mass is 32.2. The zero-order valence-corrected chi connectivity index (χ0v) is 15.0. The molecule has 1 heterocycles. The highest BCUT2D eigenvalue weighted by Crippen LogP contribution is 2.12.